The van der Waals surface area contributed by atoms with Crippen LogP contribution >= 0.6 is 0 Å². The second kappa shape index (κ2) is 6.47. The molecule has 2 saturated carbocycles. The highest BCUT2D eigenvalue weighted by atomic mass is 16.7. The first-order valence-corrected chi connectivity index (χ1v) is 9.78. The summed E-state index contributed by atoms with van der Waals surface area (Å²) in [6, 6.07) is 0. The summed E-state index contributed by atoms with van der Waals surface area (Å²) < 4.78 is 16.6. The Morgan fingerprint density at radius 2 is 2.12 bits per heavy atom. The molecule has 4 aliphatic rings. The number of hydrogen-bond donors (Lipinski definition) is 1. The number of carbonyl (C=O) groups is 1. The monoisotopic (exact) mass is 362 g/mol. The molecule has 144 valence electrons. The Bertz CT molecular complexity index is 640. The molecule has 0 aromatic carbocycles. The second-order valence-electron chi connectivity index (χ2n) is 8.98. The minimum absolute atomic E-state index is 0.0309. The molecule has 0 aromatic heterocycles. The maximum Gasteiger partial charge on any atom is 0.336 e. The molecule has 0 unspecified atom stereocenters. The number of allylic oxidation sites excluding steroid dienone is 2. The van der Waals surface area contributed by atoms with Crippen LogP contribution in [0.1, 0.15) is 46.0 Å². The lowest BCUT2D eigenvalue weighted by atomic mass is 9.46. The number of aliphatic hydroxyl groups is 1. The van der Waals surface area contributed by atoms with Gasteiger partial charge in [-0.2, -0.15) is 0 Å². The summed E-state index contributed by atoms with van der Waals surface area (Å²) in [5.41, 5.74) is 1.81. The van der Waals surface area contributed by atoms with E-state index in [9.17, 15) is 9.90 Å². The molecule has 0 bridgehead atoms. The molecule has 26 heavy (non-hydrogen) atoms. The summed E-state index contributed by atoms with van der Waals surface area (Å²) >= 11 is 0. The van der Waals surface area contributed by atoms with Crippen LogP contribution in [0.15, 0.2) is 23.8 Å². The standard InChI is InChI=1S/C21H30O5/c1-13-4-7-17-20(2,9-8-18-21(17,3)11-24-12-26-18)15(13)6-5-14-16(22)10-25-19(14)23/h5,15-18,22H,1,4,6-12H2,2-3H3/b14-5+/t15-,16-,17+,18-,20+,21+/m1/s1. The number of aliphatic hydroxyl groups excluding tert-OH is 1. The topological polar surface area (TPSA) is 65.0 Å². The number of rotatable bonds is 2. The van der Waals surface area contributed by atoms with E-state index in [-0.39, 0.29) is 29.5 Å². The third kappa shape index (κ3) is 2.67. The van der Waals surface area contributed by atoms with Crippen molar-refractivity contribution in [2.24, 2.45) is 22.7 Å². The van der Waals surface area contributed by atoms with Crippen LogP contribution in [0.5, 0.6) is 0 Å². The minimum atomic E-state index is -0.795. The lowest BCUT2D eigenvalue weighted by Crippen LogP contribution is -2.60. The van der Waals surface area contributed by atoms with E-state index in [0.29, 0.717) is 24.2 Å². The molecule has 2 saturated heterocycles. The first-order chi connectivity index (χ1) is 12.4. The maximum atomic E-state index is 11.8. The average Bonchev–Trinajstić information content (AvgIpc) is 2.92. The molecule has 1 N–H and O–H groups in total. The molecule has 5 nitrogen and oxygen atoms in total. The summed E-state index contributed by atoms with van der Waals surface area (Å²) in [6.45, 7) is 10.3. The quantitative estimate of drug-likeness (QED) is 0.465. The van der Waals surface area contributed by atoms with E-state index in [0.717, 1.165) is 38.7 Å². The van der Waals surface area contributed by atoms with E-state index in [1.54, 1.807) is 0 Å². The first-order valence-electron chi connectivity index (χ1n) is 9.78. The van der Waals surface area contributed by atoms with Crippen LogP contribution in [0.2, 0.25) is 0 Å². The average molecular weight is 362 g/mol. The SMILES string of the molecule is C=C1CC[C@@H]2[C@]3(C)COCO[C@@H]3CC[C@@]2(C)[C@@H]1C/C=C1/C(=O)OC[C@H]1O. The van der Waals surface area contributed by atoms with Gasteiger partial charge >= 0.3 is 5.97 Å². The zero-order chi connectivity index (χ0) is 18.5. The van der Waals surface area contributed by atoms with Crippen LogP contribution < -0.4 is 0 Å². The van der Waals surface area contributed by atoms with E-state index in [1.807, 2.05) is 6.08 Å². The molecule has 0 amide bonds. The van der Waals surface area contributed by atoms with Crippen molar-refractivity contribution in [3.63, 3.8) is 0 Å². The largest absolute Gasteiger partial charge is 0.459 e. The molecule has 5 heteroatoms. The van der Waals surface area contributed by atoms with Gasteiger partial charge in [-0.05, 0) is 49.4 Å². The summed E-state index contributed by atoms with van der Waals surface area (Å²) in [5.74, 6) is 0.419. The second-order valence-corrected chi connectivity index (χ2v) is 8.98. The summed E-state index contributed by atoms with van der Waals surface area (Å²) in [5, 5.41) is 9.98. The molecule has 2 aliphatic heterocycles. The van der Waals surface area contributed by atoms with Crippen molar-refractivity contribution in [3.8, 4) is 0 Å². The van der Waals surface area contributed by atoms with Crippen LogP contribution in [0.3, 0.4) is 0 Å². The highest BCUT2D eigenvalue weighted by Gasteiger charge is 2.59. The Labute approximate surface area is 155 Å². The van der Waals surface area contributed by atoms with Crippen molar-refractivity contribution in [1.82, 2.24) is 0 Å². The fraction of sp³-hybridized carbons (Fsp3) is 0.762. The Kier molecular flexibility index (Phi) is 4.53. The van der Waals surface area contributed by atoms with Gasteiger partial charge in [-0.25, -0.2) is 4.79 Å². The highest BCUT2D eigenvalue weighted by molar-refractivity contribution is 5.91. The van der Waals surface area contributed by atoms with E-state index in [2.05, 4.69) is 20.4 Å². The molecule has 4 fully saturated rings. The van der Waals surface area contributed by atoms with Crippen LogP contribution in [0.25, 0.3) is 0 Å². The van der Waals surface area contributed by atoms with Gasteiger partial charge in [0.25, 0.3) is 0 Å². The van der Waals surface area contributed by atoms with E-state index >= 15 is 0 Å². The minimum Gasteiger partial charge on any atom is -0.459 e. The van der Waals surface area contributed by atoms with E-state index < -0.39 is 6.10 Å². The van der Waals surface area contributed by atoms with Gasteiger partial charge in [0.05, 0.1) is 18.3 Å². The van der Waals surface area contributed by atoms with Crippen LogP contribution in [-0.2, 0) is 19.0 Å². The normalized spacial score (nSPS) is 47.4. The number of cyclic esters (lactones) is 1. The zero-order valence-electron chi connectivity index (χ0n) is 15.8. The lowest BCUT2D eigenvalue weighted by molar-refractivity contribution is -0.259. The van der Waals surface area contributed by atoms with Gasteiger partial charge in [0, 0.05) is 5.41 Å². The Morgan fingerprint density at radius 3 is 2.85 bits per heavy atom. The predicted molar refractivity (Wildman–Crippen MR) is 96.2 cm³/mol. The molecule has 6 atom stereocenters. The third-order valence-electron chi connectivity index (χ3n) is 7.62. The van der Waals surface area contributed by atoms with E-state index in [4.69, 9.17) is 14.2 Å². The highest BCUT2D eigenvalue weighted by Crippen LogP contribution is 2.62. The van der Waals surface area contributed by atoms with Crippen molar-refractivity contribution in [2.45, 2.75) is 58.2 Å². The van der Waals surface area contributed by atoms with Crippen molar-refractivity contribution in [3.05, 3.63) is 23.8 Å². The van der Waals surface area contributed by atoms with Crippen molar-refractivity contribution in [2.75, 3.05) is 20.0 Å². The van der Waals surface area contributed by atoms with Gasteiger partial charge < -0.3 is 19.3 Å². The molecule has 2 heterocycles. The lowest BCUT2D eigenvalue weighted by Gasteiger charge is -2.61. The number of carbonyl (C=O) groups excluding carboxylic acids is 1. The van der Waals surface area contributed by atoms with Crippen molar-refractivity contribution < 1.29 is 24.1 Å². The van der Waals surface area contributed by atoms with Crippen LogP contribution in [0, 0.1) is 22.7 Å². The summed E-state index contributed by atoms with van der Waals surface area (Å²) in [4.78, 5) is 11.8. The predicted octanol–water partition coefficient (Wildman–Crippen LogP) is 2.98. The number of fused-ring (bicyclic) bond motifs is 3. The molecule has 0 radical (unpaired) electrons. The van der Waals surface area contributed by atoms with Gasteiger partial charge in [-0.1, -0.05) is 32.1 Å². The molecule has 0 spiro atoms. The molecular weight excluding hydrogens is 332 g/mol. The zero-order valence-corrected chi connectivity index (χ0v) is 15.8. The smallest absolute Gasteiger partial charge is 0.336 e. The van der Waals surface area contributed by atoms with Gasteiger partial charge in [0.2, 0.25) is 0 Å². The Hall–Kier alpha value is -1.17. The van der Waals surface area contributed by atoms with Gasteiger partial charge in [0.1, 0.15) is 19.5 Å². The van der Waals surface area contributed by atoms with E-state index in [1.165, 1.54) is 5.57 Å². The van der Waals surface area contributed by atoms with Gasteiger partial charge in [0.15, 0.2) is 0 Å². The number of esters is 1. The first kappa shape index (κ1) is 18.2. The fourth-order valence-electron chi connectivity index (χ4n) is 6.19. The molecule has 0 aromatic rings. The van der Waals surface area contributed by atoms with Gasteiger partial charge in [-0.15, -0.1) is 0 Å². The van der Waals surface area contributed by atoms with Crippen molar-refractivity contribution >= 4 is 5.97 Å². The Balaban J connectivity index is 1.61. The maximum absolute atomic E-state index is 11.8. The summed E-state index contributed by atoms with van der Waals surface area (Å²) in [6.07, 6.45) is 6.36. The summed E-state index contributed by atoms with van der Waals surface area (Å²) in [7, 11) is 0. The molecule has 2 aliphatic carbocycles. The van der Waals surface area contributed by atoms with Gasteiger partial charge in [-0.3, -0.25) is 0 Å². The molecular formula is C21H30O5. The van der Waals surface area contributed by atoms with Crippen LogP contribution in [-0.4, -0.2) is 43.3 Å². The third-order valence-corrected chi connectivity index (χ3v) is 7.62. The van der Waals surface area contributed by atoms with Crippen molar-refractivity contribution in [1.29, 1.82) is 0 Å². The molecule has 4 rings (SSSR count). The fourth-order valence-corrected chi connectivity index (χ4v) is 6.19. The number of ether oxygens (including phenoxy) is 3. The number of hydrogen-bond acceptors (Lipinski definition) is 5. The Morgan fingerprint density at radius 1 is 1.31 bits per heavy atom. The van der Waals surface area contributed by atoms with Crippen LogP contribution in [0.4, 0.5) is 0 Å².